The molecule has 72 valence electrons. The summed E-state index contributed by atoms with van der Waals surface area (Å²) in [7, 11) is 0. The van der Waals surface area contributed by atoms with Crippen LogP contribution in [0.4, 0.5) is 0 Å². The minimum Gasteiger partial charge on any atom is -0.393 e. The molecule has 0 bridgehead atoms. The molecule has 0 aliphatic carbocycles. The molecule has 0 amide bonds. The summed E-state index contributed by atoms with van der Waals surface area (Å²) in [4.78, 5) is 0. The molecule has 0 aliphatic rings. The highest BCUT2D eigenvalue weighted by Gasteiger charge is 2.09. The van der Waals surface area contributed by atoms with Gasteiger partial charge in [0, 0.05) is 0 Å². The van der Waals surface area contributed by atoms with Crippen LogP contribution in [0.1, 0.15) is 49.0 Å². The van der Waals surface area contributed by atoms with Crippen molar-refractivity contribution in [2.75, 3.05) is 0 Å². The van der Waals surface area contributed by atoms with Gasteiger partial charge in [-0.05, 0) is 18.3 Å². The van der Waals surface area contributed by atoms with Gasteiger partial charge in [0.15, 0.2) is 0 Å². The van der Waals surface area contributed by atoms with Crippen molar-refractivity contribution >= 4 is 0 Å². The smallest absolute Gasteiger partial charge is 0.0565 e. The molecule has 1 nitrogen and oxygen atoms in total. The fourth-order valence-corrected chi connectivity index (χ4v) is 0.755. The monoisotopic (exact) mass is 162 g/mol. The number of hydrogen-bond donors (Lipinski definition) is 1. The van der Waals surface area contributed by atoms with Crippen LogP contribution in [0.3, 0.4) is 0 Å². The third-order valence-electron chi connectivity index (χ3n) is 1.48. The van der Waals surface area contributed by atoms with E-state index in [1.165, 1.54) is 0 Å². The second-order valence-electron chi connectivity index (χ2n) is 3.44. The van der Waals surface area contributed by atoms with E-state index in [9.17, 15) is 5.11 Å². The van der Waals surface area contributed by atoms with Crippen LogP contribution in [0.2, 0.25) is 0 Å². The molecule has 0 rings (SSSR count). The van der Waals surface area contributed by atoms with Crippen LogP contribution in [-0.4, -0.2) is 11.2 Å². The Hall–Kier alpha value is -0.0400. The molecular formula is C10H26O. The first-order valence-electron chi connectivity index (χ1n) is 3.72. The first-order chi connectivity index (χ1) is 4.04. The minimum absolute atomic E-state index is 0. The van der Waals surface area contributed by atoms with E-state index in [0.29, 0.717) is 11.8 Å². The van der Waals surface area contributed by atoms with Crippen molar-refractivity contribution in [3.63, 3.8) is 0 Å². The predicted octanol–water partition coefficient (Wildman–Crippen LogP) is 3.32. The van der Waals surface area contributed by atoms with Gasteiger partial charge in [0.05, 0.1) is 6.10 Å². The molecule has 11 heavy (non-hydrogen) atoms. The summed E-state index contributed by atoms with van der Waals surface area (Å²) in [6, 6.07) is 0. The standard InChI is InChI=1S/C8H18O.2CH4/c1-6(2)5-8(9)7(3)4;;/h6-9H,5H2,1-4H3;2*1H4/t8-;;/m0../s1. The van der Waals surface area contributed by atoms with E-state index in [-0.39, 0.29) is 21.0 Å². The van der Waals surface area contributed by atoms with E-state index >= 15 is 0 Å². The van der Waals surface area contributed by atoms with Crippen molar-refractivity contribution in [1.29, 1.82) is 0 Å². The average Bonchev–Trinajstić information content (AvgIpc) is 1.63. The van der Waals surface area contributed by atoms with E-state index in [0.717, 1.165) is 6.42 Å². The fraction of sp³-hybridized carbons (Fsp3) is 1.00. The van der Waals surface area contributed by atoms with Gasteiger partial charge in [-0.1, -0.05) is 42.5 Å². The molecule has 0 aromatic rings. The number of aliphatic hydroxyl groups excluding tert-OH is 1. The highest BCUT2D eigenvalue weighted by atomic mass is 16.3. The van der Waals surface area contributed by atoms with Gasteiger partial charge in [0.2, 0.25) is 0 Å². The Kier molecular flexibility index (Phi) is 12.6. The largest absolute Gasteiger partial charge is 0.393 e. The molecule has 0 unspecified atom stereocenters. The molecule has 0 radical (unpaired) electrons. The van der Waals surface area contributed by atoms with Gasteiger partial charge >= 0.3 is 0 Å². The molecule has 0 aromatic carbocycles. The first kappa shape index (κ1) is 17.2. The Balaban J connectivity index is -0.000000320. The van der Waals surface area contributed by atoms with Crippen LogP contribution < -0.4 is 0 Å². The molecule has 0 aromatic heterocycles. The van der Waals surface area contributed by atoms with Gasteiger partial charge in [-0.3, -0.25) is 0 Å². The van der Waals surface area contributed by atoms with E-state index in [2.05, 4.69) is 13.8 Å². The third kappa shape index (κ3) is 9.96. The lowest BCUT2D eigenvalue weighted by Crippen LogP contribution is -2.16. The molecule has 0 heterocycles. The normalized spacial score (nSPS) is 12.3. The van der Waals surface area contributed by atoms with Crippen molar-refractivity contribution in [3.8, 4) is 0 Å². The molecule has 0 saturated carbocycles. The topological polar surface area (TPSA) is 20.2 Å². The average molecular weight is 162 g/mol. The lowest BCUT2D eigenvalue weighted by Gasteiger charge is -2.15. The molecule has 1 N–H and O–H groups in total. The zero-order valence-corrected chi connectivity index (χ0v) is 6.89. The number of rotatable bonds is 3. The molecule has 1 heteroatoms. The van der Waals surface area contributed by atoms with Crippen molar-refractivity contribution in [1.82, 2.24) is 0 Å². The Labute approximate surface area is 72.8 Å². The second kappa shape index (κ2) is 8.06. The zero-order valence-electron chi connectivity index (χ0n) is 6.89. The third-order valence-corrected chi connectivity index (χ3v) is 1.48. The van der Waals surface area contributed by atoms with Crippen molar-refractivity contribution in [2.24, 2.45) is 11.8 Å². The van der Waals surface area contributed by atoms with E-state index < -0.39 is 0 Å². The van der Waals surface area contributed by atoms with Crippen LogP contribution in [-0.2, 0) is 0 Å². The van der Waals surface area contributed by atoms with Gasteiger partial charge in [-0.25, -0.2) is 0 Å². The maximum Gasteiger partial charge on any atom is 0.0565 e. The molecule has 0 spiro atoms. The second-order valence-corrected chi connectivity index (χ2v) is 3.44. The first-order valence-corrected chi connectivity index (χ1v) is 3.72. The van der Waals surface area contributed by atoms with Crippen molar-refractivity contribution in [2.45, 2.75) is 55.1 Å². The Bertz CT molecular complexity index is 67.3. The highest BCUT2D eigenvalue weighted by Crippen LogP contribution is 2.11. The van der Waals surface area contributed by atoms with Gasteiger partial charge in [-0.2, -0.15) is 0 Å². The maximum atomic E-state index is 9.30. The van der Waals surface area contributed by atoms with Gasteiger partial charge in [0.25, 0.3) is 0 Å². The Morgan fingerprint density at radius 3 is 1.45 bits per heavy atom. The Morgan fingerprint density at radius 1 is 1.00 bits per heavy atom. The van der Waals surface area contributed by atoms with Crippen LogP contribution in [0, 0.1) is 11.8 Å². The summed E-state index contributed by atoms with van der Waals surface area (Å²) in [6.07, 6.45) is 0.822. The van der Waals surface area contributed by atoms with Crippen LogP contribution in [0.25, 0.3) is 0 Å². The summed E-state index contributed by atoms with van der Waals surface area (Å²) in [5.74, 6) is 1.02. The molecule has 0 aliphatic heterocycles. The molecule has 1 atom stereocenters. The maximum absolute atomic E-state index is 9.30. The van der Waals surface area contributed by atoms with Gasteiger partial charge < -0.3 is 5.11 Å². The fourth-order valence-electron chi connectivity index (χ4n) is 0.755. The van der Waals surface area contributed by atoms with Crippen LogP contribution >= 0.6 is 0 Å². The molecular weight excluding hydrogens is 136 g/mol. The van der Waals surface area contributed by atoms with Gasteiger partial charge in [0.1, 0.15) is 0 Å². The van der Waals surface area contributed by atoms with Gasteiger partial charge in [-0.15, -0.1) is 0 Å². The van der Waals surface area contributed by atoms with Crippen LogP contribution in [0.15, 0.2) is 0 Å². The van der Waals surface area contributed by atoms with E-state index in [1.807, 2.05) is 13.8 Å². The summed E-state index contributed by atoms with van der Waals surface area (Å²) < 4.78 is 0. The van der Waals surface area contributed by atoms with E-state index in [4.69, 9.17) is 0 Å². The Morgan fingerprint density at radius 2 is 1.36 bits per heavy atom. The van der Waals surface area contributed by atoms with E-state index in [1.54, 1.807) is 0 Å². The summed E-state index contributed by atoms with van der Waals surface area (Å²) in [6.45, 7) is 8.36. The molecule has 0 saturated heterocycles. The lowest BCUT2D eigenvalue weighted by atomic mass is 9.98. The summed E-state index contributed by atoms with van der Waals surface area (Å²) >= 11 is 0. The van der Waals surface area contributed by atoms with Crippen LogP contribution in [0.5, 0.6) is 0 Å². The van der Waals surface area contributed by atoms with Crippen molar-refractivity contribution < 1.29 is 5.11 Å². The predicted molar refractivity (Wildman–Crippen MR) is 53.8 cm³/mol. The minimum atomic E-state index is -0.106. The summed E-state index contributed by atoms with van der Waals surface area (Å²) in [5, 5.41) is 9.30. The zero-order chi connectivity index (χ0) is 7.44. The number of aliphatic hydroxyl groups is 1. The SMILES string of the molecule is C.C.CC(C)C[C@H](O)C(C)C. The van der Waals surface area contributed by atoms with Crippen molar-refractivity contribution in [3.05, 3.63) is 0 Å². The highest BCUT2D eigenvalue weighted by molar-refractivity contribution is 4.61. The molecule has 0 fully saturated rings. The number of hydrogen-bond acceptors (Lipinski definition) is 1. The quantitative estimate of drug-likeness (QED) is 0.675. The lowest BCUT2D eigenvalue weighted by molar-refractivity contribution is 0.103. The summed E-state index contributed by atoms with van der Waals surface area (Å²) in [5.41, 5.74) is 0.